The van der Waals surface area contributed by atoms with Crippen LogP contribution in [-0.2, 0) is 14.4 Å². The highest BCUT2D eigenvalue weighted by Crippen LogP contribution is 2.37. The van der Waals surface area contributed by atoms with Gasteiger partial charge in [0, 0.05) is 10.9 Å². The molecule has 118 valence electrons. The summed E-state index contributed by atoms with van der Waals surface area (Å²) in [6, 6.07) is 4.15. The van der Waals surface area contributed by atoms with Crippen LogP contribution in [0.5, 0.6) is 5.75 Å². The molecule has 0 spiro atoms. The van der Waals surface area contributed by atoms with Crippen molar-refractivity contribution in [3.05, 3.63) is 29.1 Å². The van der Waals surface area contributed by atoms with Gasteiger partial charge in [-0.2, -0.15) is 0 Å². The molecule has 0 saturated carbocycles. The van der Waals surface area contributed by atoms with Crippen molar-refractivity contribution in [2.24, 2.45) is 0 Å². The van der Waals surface area contributed by atoms with Crippen molar-refractivity contribution >= 4 is 34.5 Å². The average Bonchev–Trinajstić information content (AvgIpc) is 3.03. The number of rotatable bonds is 4. The lowest BCUT2D eigenvalue weighted by molar-refractivity contribution is -0.131. The van der Waals surface area contributed by atoms with Crippen molar-refractivity contribution in [1.82, 2.24) is 4.98 Å². The molecule has 1 aliphatic rings. The number of amides is 1. The maximum Gasteiger partial charge on any atom is 0.266 e. The van der Waals surface area contributed by atoms with Crippen LogP contribution in [0.15, 0.2) is 29.1 Å². The van der Waals surface area contributed by atoms with E-state index in [1.165, 1.54) is 30.1 Å². The number of ether oxygens (including phenoxy) is 1. The Balaban J connectivity index is 2.13. The number of carbonyl (C=O) groups is 3. The van der Waals surface area contributed by atoms with E-state index in [0.717, 1.165) is 11.3 Å². The van der Waals surface area contributed by atoms with Crippen LogP contribution in [0.4, 0.5) is 5.69 Å². The number of aromatic nitrogens is 1. The van der Waals surface area contributed by atoms with Crippen molar-refractivity contribution in [3.8, 4) is 17.0 Å². The van der Waals surface area contributed by atoms with E-state index in [-0.39, 0.29) is 18.2 Å². The Morgan fingerprint density at radius 2 is 2.04 bits per heavy atom. The van der Waals surface area contributed by atoms with Gasteiger partial charge in [-0.25, -0.2) is 4.98 Å². The smallest absolute Gasteiger partial charge is 0.266 e. The van der Waals surface area contributed by atoms with Gasteiger partial charge in [0.25, 0.3) is 5.91 Å². The van der Waals surface area contributed by atoms with Crippen molar-refractivity contribution in [2.45, 2.75) is 19.9 Å². The second kappa shape index (κ2) is 5.92. The number of anilines is 1. The van der Waals surface area contributed by atoms with Gasteiger partial charge in [0.2, 0.25) is 0 Å². The van der Waals surface area contributed by atoms with Crippen molar-refractivity contribution in [1.29, 1.82) is 0 Å². The largest absolute Gasteiger partial charge is 0.482 e. The number of nitrogens with zero attached hydrogens (tertiary/aromatic N) is 2. The van der Waals surface area contributed by atoms with E-state index in [0.29, 0.717) is 11.4 Å². The lowest BCUT2D eigenvalue weighted by Gasteiger charge is -2.33. The number of thiazole rings is 1. The predicted octanol–water partition coefficient (Wildman–Crippen LogP) is 2.08. The van der Waals surface area contributed by atoms with Crippen LogP contribution >= 0.6 is 11.3 Å². The lowest BCUT2D eigenvalue weighted by Crippen LogP contribution is -2.52. The quantitative estimate of drug-likeness (QED) is 0.802. The Labute approximate surface area is 136 Å². The number of carbonyl (C=O) groups excluding carboxylic acids is 3. The number of Topliss-reactive ketones (excluding diaryl/α,β-unsaturated/α-hetero) is 2. The highest BCUT2D eigenvalue weighted by Gasteiger charge is 2.37. The number of benzene rings is 1. The molecule has 0 bridgehead atoms. The number of fused-ring (bicyclic) bond motifs is 1. The van der Waals surface area contributed by atoms with Gasteiger partial charge >= 0.3 is 0 Å². The molecule has 6 nitrogen and oxygen atoms in total. The second-order valence-electron chi connectivity index (χ2n) is 5.23. The Morgan fingerprint density at radius 1 is 1.30 bits per heavy atom. The van der Waals surface area contributed by atoms with Crippen LogP contribution in [0.1, 0.15) is 13.8 Å². The summed E-state index contributed by atoms with van der Waals surface area (Å²) in [7, 11) is 0. The molecule has 0 aliphatic carbocycles. The topological polar surface area (TPSA) is 76.6 Å². The fourth-order valence-corrected chi connectivity index (χ4v) is 3.18. The first-order valence-corrected chi connectivity index (χ1v) is 7.91. The summed E-state index contributed by atoms with van der Waals surface area (Å²) in [5.74, 6) is -0.699. The summed E-state index contributed by atoms with van der Waals surface area (Å²) in [5.41, 5.74) is 3.68. The molecule has 1 aliphatic heterocycles. The maximum absolute atomic E-state index is 12.3. The fraction of sp³-hybridized carbons (Fsp3) is 0.250. The van der Waals surface area contributed by atoms with Crippen LogP contribution in [0, 0.1) is 0 Å². The van der Waals surface area contributed by atoms with Gasteiger partial charge in [-0.3, -0.25) is 19.3 Å². The third-order valence-electron chi connectivity index (χ3n) is 3.59. The van der Waals surface area contributed by atoms with E-state index in [4.69, 9.17) is 4.74 Å². The van der Waals surface area contributed by atoms with Crippen LogP contribution in [-0.4, -0.2) is 35.1 Å². The molecule has 1 aromatic heterocycles. The SMILES string of the molecule is CC(=O)C(C(C)=O)N1C(=O)COc2ccc(-c3cscn3)cc21. The molecule has 1 amide bonds. The molecule has 0 fully saturated rings. The molecular formula is C16H14N2O4S. The Kier molecular flexibility index (Phi) is 3.96. The predicted molar refractivity (Wildman–Crippen MR) is 85.7 cm³/mol. The summed E-state index contributed by atoms with van der Waals surface area (Å²) in [5, 5.41) is 1.88. The molecule has 0 N–H and O–H groups in total. The van der Waals surface area contributed by atoms with Crippen LogP contribution in [0.25, 0.3) is 11.3 Å². The summed E-state index contributed by atoms with van der Waals surface area (Å²) in [6.07, 6.45) is 0. The Bertz CT molecular complexity index is 771. The maximum atomic E-state index is 12.3. The molecule has 7 heteroatoms. The third kappa shape index (κ3) is 2.75. The summed E-state index contributed by atoms with van der Waals surface area (Å²) in [6.45, 7) is 2.41. The van der Waals surface area contributed by atoms with E-state index >= 15 is 0 Å². The summed E-state index contributed by atoms with van der Waals surface area (Å²) in [4.78, 5) is 41.5. The van der Waals surface area contributed by atoms with Crippen LogP contribution in [0.3, 0.4) is 0 Å². The van der Waals surface area contributed by atoms with Crippen molar-refractivity contribution in [2.75, 3.05) is 11.5 Å². The van der Waals surface area contributed by atoms with Crippen LogP contribution < -0.4 is 9.64 Å². The number of hydrogen-bond donors (Lipinski definition) is 0. The van der Waals surface area contributed by atoms with Gasteiger partial charge in [-0.1, -0.05) is 0 Å². The monoisotopic (exact) mass is 330 g/mol. The first-order valence-electron chi connectivity index (χ1n) is 6.97. The van der Waals surface area contributed by atoms with Crippen molar-refractivity contribution < 1.29 is 19.1 Å². The molecule has 0 saturated heterocycles. The Morgan fingerprint density at radius 3 is 2.65 bits per heavy atom. The first kappa shape index (κ1) is 15.4. The number of hydrogen-bond acceptors (Lipinski definition) is 6. The summed E-state index contributed by atoms with van der Waals surface area (Å²) < 4.78 is 5.42. The molecule has 0 atom stereocenters. The molecule has 3 rings (SSSR count). The molecule has 2 heterocycles. The van der Waals surface area contributed by atoms with Gasteiger partial charge in [0.1, 0.15) is 5.75 Å². The zero-order valence-corrected chi connectivity index (χ0v) is 13.4. The molecule has 0 radical (unpaired) electrons. The number of ketones is 2. The standard InChI is InChI=1S/C16H14N2O4S/c1-9(19)16(10(2)20)18-13-5-11(12-7-23-8-17-12)3-4-14(13)22-6-15(18)21/h3-5,7-8,16H,6H2,1-2H3. The normalized spacial score (nSPS) is 13.7. The zero-order valence-electron chi connectivity index (χ0n) is 12.6. The molecule has 1 aromatic carbocycles. The highest BCUT2D eigenvalue weighted by molar-refractivity contribution is 7.07. The van der Waals surface area contributed by atoms with E-state index in [9.17, 15) is 14.4 Å². The van der Waals surface area contributed by atoms with E-state index in [1.54, 1.807) is 17.6 Å². The van der Waals surface area contributed by atoms with Gasteiger partial charge < -0.3 is 4.74 Å². The highest BCUT2D eigenvalue weighted by atomic mass is 32.1. The Hall–Kier alpha value is -2.54. The minimum Gasteiger partial charge on any atom is -0.482 e. The van der Waals surface area contributed by atoms with Gasteiger partial charge in [-0.15, -0.1) is 11.3 Å². The van der Waals surface area contributed by atoms with Crippen molar-refractivity contribution in [3.63, 3.8) is 0 Å². The third-order valence-corrected chi connectivity index (χ3v) is 4.18. The van der Waals surface area contributed by atoms with Crippen LogP contribution in [0.2, 0.25) is 0 Å². The minimum absolute atomic E-state index is 0.194. The molecule has 0 unspecified atom stereocenters. The average molecular weight is 330 g/mol. The van der Waals surface area contributed by atoms with Gasteiger partial charge in [0.15, 0.2) is 24.2 Å². The van der Waals surface area contributed by atoms with E-state index < -0.39 is 11.9 Å². The fourth-order valence-electron chi connectivity index (χ4n) is 2.62. The van der Waals surface area contributed by atoms with E-state index in [1.807, 2.05) is 11.4 Å². The molecular weight excluding hydrogens is 316 g/mol. The zero-order chi connectivity index (χ0) is 16.6. The molecule has 2 aromatic rings. The minimum atomic E-state index is -1.13. The molecule has 23 heavy (non-hydrogen) atoms. The van der Waals surface area contributed by atoms with Gasteiger partial charge in [0.05, 0.1) is 16.9 Å². The second-order valence-corrected chi connectivity index (χ2v) is 5.95. The summed E-state index contributed by atoms with van der Waals surface area (Å²) >= 11 is 1.46. The van der Waals surface area contributed by atoms with Gasteiger partial charge in [-0.05, 0) is 32.0 Å². The first-order chi connectivity index (χ1) is 11.0. The van der Waals surface area contributed by atoms with E-state index in [2.05, 4.69) is 4.98 Å². The lowest BCUT2D eigenvalue weighted by atomic mass is 10.0.